The molecule has 29 heavy (non-hydrogen) atoms. The van der Waals surface area contributed by atoms with E-state index in [0.717, 1.165) is 15.1 Å². The van der Waals surface area contributed by atoms with Crippen molar-refractivity contribution in [2.75, 3.05) is 11.9 Å². The Hall–Kier alpha value is -2.66. The molecule has 1 aliphatic heterocycles. The van der Waals surface area contributed by atoms with E-state index in [0.29, 0.717) is 26.1 Å². The van der Waals surface area contributed by atoms with Gasteiger partial charge in [0.2, 0.25) is 5.91 Å². The lowest BCUT2D eigenvalue weighted by Gasteiger charge is -2.12. The van der Waals surface area contributed by atoms with E-state index in [1.54, 1.807) is 12.2 Å². The molecule has 3 heterocycles. The number of amides is 2. The first-order valence-electron chi connectivity index (χ1n) is 8.91. The molecule has 0 atom stereocenters. The normalized spacial score (nSPS) is 15.7. The quantitative estimate of drug-likeness (QED) is 0.785. The van der Waals surface area contributed by atoms with Crippen LogP contribution in [0.1, 0.15) is 44.2 Å². The first-order valence-corrected chi connectivity index (χ1v) is 9.72. The number of nitrogens with zero attached hydrogens (tertiary/aromatic N) is 2. The Balaban J connectivity index is 1.61. The van der Waals surface area contributed by atoms with E-state index in [9.17, 15) is 22.8 Å². The summed E-state index contributed by atoms with van der Waals surface area (Å²) < 4.78 is 46.3. The van der Waals surface area contributed by atoms with E-state index >= 15 is 0 Å². The number of anilines is 1. The fourth-order valence-electron chi connectivity index (χ4n) is 3.60. The van der Waals surface area contributed by atoms with Crippen LogP contribution in [0, 0.1) is 0 Å². The Morgan fingerprint density at radius 2 is 2.10 bits per heavy atom. The Bertz CT molecular complexity index is 1020. The van der Waals surface area contributed by atoms with Crippen LogP contribution < -0.4 is 11.1 Å². The van der Waals surface area contributed by atoms with Crippen LogP contribution in [0.15, 0.2) is 6.08 Å². The van der Waals surface area contributed by atoms with Crippen LogP contribution in [-0.2, 0) is 41.7 Å². The zero-order valence-electron chi connectivity index (χ0n) is 15.1. The summed E-state index contributed by atoms with van der Waals surface area (Å²) in [5.74, 6) is -1.26. The smallest absolute Gasteiger partial charge is 0.376 e. The SMILES string of the molecule is NC(=O)c1c(NC(=O)Cn2nc(C(F)(F)F)c3c2C=CCC3)sc2c1CCOC2. The number of thiophene rings is 1. The number of hydrogen-bond donors (Lipinski definition) is 2. The topological polar surface area (TPSA) is 99.2 Å². The van der Waals surface area contributed by atoms with Gasteiger partial charge in [0.25, 0.3) is 5.91 Å². The molecule has 0 aromatic carbocycles. The van der Waals surface area contributed by atoms with Gasteiger partial charge in [-0.15, -0.1) is 11.3 Å². The summed E-state index contributed by atoms with van der Waals surface area (Å²) >= 11 is 1.19. The number of carbonyl (C=O) groups excluding carboxylic acids is 2. The van der Waals surface area contributed by atoms with Crippen LogP contribution in [-0.4, -0.2) is 28.2 Å². The number of ether oxygens (including phenoxy) is 1. The summed E-state index contributed by atoms with van der Waals surface area (Å²) in [4.78, 5) is 25.2. The maximum absolute atomic E-state index is 13.3. The average molecular weight is 426 g/mol. The highest BCUT2D eigenvalue weighted by atomic mass is 32.1. The molecule has 4 rings (SSSR count). The van der Waals surface area contributed by atoms with Gasteiger partial charge in [-0.1, -0.05) is 6.08 Å². The molecule has 1 aliphatic carbocycles. The summed E-state index contributed by atoms with van der Waals surface area (Å²) in [5, 5.41) is 6.53. The second-order valence-corrected chi connectivity index (χ2v) is 7.84. The highest BCUT2D eigenvalue weighted by molar-refractivity contribution is 7.17. The van der Waals surface area contributed by atoms with Crippen molar-refractivity contribution in [3.8, 4) is 0 Å². The third-order valence-corrected chi connectivity index (χ3v) is 5.93. The molecule has 11 heteroatoms. The molecular weight excluding hydrogens is 409 g/mol. The molecule has 0 fully saturated rings. The minimum atomic E-state index is -4.59. The van der Waals surface area contributed by atoms with Crippen LogP contribution in [0.4, 0.5) is 18.2 Å². The summed E-state index contributed by atoms with van der Waals surface area (Å²) in [6, 6.07) is 0. The first kappa shape index (κ1) is 19.6. The molecule has 0 saturated heterocycles. The Morgan fingerprint density at radius 3 is 2.83 bits per heavy atom. The summed E-state index contributed by atoms with van der Waals surface area (Å²) in [6.07, 6.45) is -0.0959. The number of fused-ring (bicyclic) bond motifs is 2. The molecule has 2 aliphatic rings. The number of primary amides is 1. The Labute approximate surface area is 167 Å². The summed E-state index contributed by atoms with van der Waals surface area (Å²) in [7, 11) is 0. The molecule has 2 aromatic rings. The number of hydrogen-bond acceptors (Lipinski definition) is 5. The van der Waals surface area contributed by atoms with Gasteiger partial charge in [0.1, 0.15) is 11.5 Å². The number of nitrogens with two attached hydrogens (primary N) is 1. The fraction of sp³-hybridized carbons (Fsp3) is 0.389. The second kappa shape index (κ2) is 7.30. The minimum absolute atomic E-state index is 0.0920. The molecule has 2 aromatic heterocycles. The van der Waals surface area contributed by atoms with Crippen LogP contribution in [0.25, 0.3) is 6.08 Å². The molecule has 0 bridgehead atoms. The van der Waals surface area contributed by atoms with Gasteiger partial charge >= 0.3 is 6.18 Å². The van der Waals surface area contributed by atoms with E-state index in [-0.39, 0.29) is 28.2 Å². The molecule has 0 spiro atoms. The van der Waals surface area contributed by atoms with Gasteiger partial charge in [0, 0.05) is 10.4 Å². The standard InChI is InChI=1S/C18H17F3N4O3S/c19-18(20,21)15-9-3-1-2-4-11(9)25(24-15)7-13(26)23-17-14(16(22)27)10-5-6-28-8-12(10)29-17/h2,4H,1,3,5-8H2,(H2,22,27)(H,23,26). The minimum Gasteiger partial charge on any atom is -0.376 e. The zero-order chi connectivity index (χ0) is 20.8. The van der Waals surface area contributed by atoms with Crippen LogP contribution in [0.5, 0.6) is 0 Å². The Kier molecular flexibility index (Phi) is 4.95. The van der Waals surface area contributed by atoms with Crippen molar-refractivity contribution in [3.05, 3.63) is 39.0 Å². The van der Waals surface area contributed by atoms with Crippen molar-refractivity contribution >= 4 is 34.2 Å². The van der Waals surface area contributed by atoms with Crippen molar-refractivity contribution in [2.45, 2.75) is 38.6 Å². The van der Waals surface area contributed by atoms with Crippen LogP contribution >= 0.6 is 11.3 Å². The van der Waals surface area contributed by atoms with E-state index in [1.165, 1.54) is 11.3 Å². The van der Waals surface area contributed by atoms with E-state index in [1.807, 2.05) is 0 Å². The average Bonchev–Trinajstić information content (AvgIpc) is 3.20. The molecule has 7 nitrogen and oxygen atoms in total. The molecule has 0 unspecified atom stereocenters. The monoisotopic (exact) mass is 426 g/mol. The number of halogens is 3. The maximum atomic E-state index is 13.3. The van der Waals surface area contributed by atoms with Gasteiger partial charge < -0.3 is 15.8 Å². The van der Waals surface area contributed by atoms with Gasteiger partial charge in [-0.3, -0.25) is 14.3 Å². The highest BCUT2D eigenvalue weighted by Gasteiger charge is 2.39. The summed E-state index contributed by atoms with van der Waals surface area (Å²) in [6.45, 7) is 0.353. The largest absolute Gasteiger partial charge is 0.435 e. The van der Waals surface area contributed by atoms with Crippen LogP contribution in [0.3, 0.4) is 0 Å². The van der Waals surface area contributed by atoms with Crippen molar-refractivity contribution in [1.82, 2.24) is 9.78 Å². The van der Waals surface area contributed by atoms with E-state index in [4.69, 9.17) is 10.5 Å². The predicted molar refractivity (Wildman–Crippen MR) is 99.4 cm³/mol. The lowest BCUT2D eigenvalue weighted by molar-refractivity contribution is -0.142. The second-order valence-electron chi connectivity index (χ2n) is 6.73. The molecule has 3 N–H and O–H groups in total. The molecule has 0 radical (unpaired) electrons. The Morgan fingerprint density at radius 1 is 1.31 bits per heavy atom. The number of alkyl halides is 3. The lowest BCUT2D eigenvalue weighted by Crippen LogP contribution is -2.23. The van der Waals surface area contributed by atoms with Gasteiger partial charge in [-0.25, -0.2) is 0 Å². The molecule has 2 amide bonds. The first-order chi connectivity index (χ1) is 13.8. The van der Waals surface area contributed by atoms with Crippen molar-refractivity contribution < 1.29 is 27.5 Å². The van der Waals surface area contributed by atoms with Gasteiger partial charge in [-0.05, 0) is 30.9 Å². The molecular formula is C18H17F3N4O3S. The van der Waals surface area contributed by atoms with Gasteiger partial charge in [-0.2, -0.15) is 18.3 Å². The molecule has 154 valence electrons. The van der Waals surface area contributed by atoms with E-state index < -0.39 is 30.2 Å². The number of carbonyl (C=O) groups is 2. The maximum Gasteiger partial charge on any atom is 0.435 e. The van der Waals surface area contributed by atoms with Crippen molar-refractivity contribution in [1.29, 1.82) is 0 Å². The van der Waals surface area contributed by atoms with Gasteiger partial charge in [0.05, 0.1) is 24.5 Å². The number of aromatic nitrogens is 2. The third-order valence-electron chi connectivity index (χ3n) is 4.81. The number of nitrogens with one attached hydrogen (secondary N) is 1. The third kappa shape index (κ3) is 3.67. The van der Waals surface area contributed by atoms with Crippen molar-refractivity contribution in [3.63, 3.8) is 0 Å². The highest BCUT2D eigenvalue weighted by Crippen LogP contribution is 2.37. The predicted octanol–water partition coefficient (Wildman–Crippen LogP) is 2.73. The number of rotatable bonds is 4. The van der Waals surface area contributed by atoms with E-state index in [2.05, 4.69) is 10.4 Å². The van der Waals surface area contributed by atoms with Crippen molar-refractivity contribution in [2.24, 2.45) is 5.73 Å². The van der Waals surface area contributed by atoms with Gasteiger partial charge in [0.15, 0.2) is 5.69 Å². The zero-order valence-corrected chi connectivity index (χ0v) is 16.0. The molecule has 0 saturated carbocycles. The fourth-order valence-corrected chi connectivity index (χ4v) is 4.81. The lowest BCUT2D eigenvalue weighted by atomic mass is 10.0. The number of allylic oxidation sites excluding steroid dienone is 1. The van der Waals surface area contributed by atoms with Crippen LogP contribution in [0.2, 0.25) is 0 Å². The summed E-state index contributed by atoms with van der Waals surface area (Å²) in [5.41, 5.74) is 5.86.